The quantitative estimate of drug-likeness (QED) is 0.683. The summed E-state index contributed by atoms with van der Waals surface area (Å²) in [6, 6.07) is 0. The summed E-state index contributed by atoms with van der Waals surface area (Å²) in [6.07, 6.45) is 10.9. The minimum absolute atomic E-state index is 0.176. The van der Waals surface area contributed by atoms with Crippen LogP contribution >= 0.6 is 0 Å². The van der Waals surface area contributed by atoms with Crippen molar-refractivity contribution in [1.29, 1.82) is 0 Å². The van der Waals surface area contributed by atoms with E-state index < -0.39 is 10.8 Å². The standard InChI is InChI=1S/C14H22O2S.C2H6/c1-5-7-14(16-11(2)3)12-8-6-9-13(10-12)17(4)15;1-2/h7,9-11H,5-6,8H2,1-4H3;1-2H3/b14-7-;. The molecule has 2 nitrogen and oxygen atoms in total. The van der Waals surface area contributed by atoms with Crippen LogP contribution in [0.4, 0.5) is 0 Å². The van der Waals surface area contributed by atoms with Crippen LogP contribution in [-0.2, 0) is 15.5 Å². The predicted octanol–water partition coefficient (Wildman–Crippen LogP) is 4.71. The molecular weight excluding hydrogens is 256 g/mol. The third kappa shape index (κ3) is 6.76. The first-order chi connectivity index (χ1) is 9.04. The molecule has 1 rings (SSSR count). The Kier molecular flexibility index (Phi) is 9.58. The number of rotatable bonds is 5. The first-order valence-electron chi connectivity index (χ1n) is 7.16. The molecule has 1 atom stereocenters. The third-order valence-corrected chi connectivity index (χ3v) is 3.42. The average molecular weight is 284 g/mol. The van der Waals surface area contributed by atoms with Crippen molar-refractivity contribution in [3.63, 3.8) is 0 Å². The topological polar surface area (TPSA) is 26.3 Å². The summed E-state index contributed by atoms with van der Waals surface area (Å²) in [5.74, 6) is 0.957. The van der Waals surface area contributed by atoms with Gasteiger partial charge in [-0.05, 0) is 50.8 Å². The van der Waals surface area contributed by atoms with Gasteiger partial charge in [0.05, 0.1) is 6.10 Å². The highest BCUT2D eigenvalue weighted by Gasteiger charge is 2.13. The minimum atomic E-state index is -0.904. The fourth-order valence-corrected chi connectivity index (χ4v) is 2.42. The molecule has 0 N–H and O–H groups in total. The summed E-state index contributed by atoms with van der Waals surface area (Å²) < 4.78 is 17.3. The molecule has 19 heavy (non-hydrogen) atoms. The van der Waals surface area contributed by atoms with Crippen molar-refractivity contribution in [2.45, 2.75) is 60.0 Å². The molecule has 110 valence electrons. The number of ether oxygens (including phenoxy) is 1. The van der Waals surface area contributed by atoms with Crippen LogP contribution in [0.15, 0.2) is 34.5 Å². The van der Waals surface area contributed by atoms with Crippen LogP contribution in [-0.4, -0.2) is 16.6 Å². The SMILES string of the molecule is CC.CC/C=C(\OC(C)C)C1=CC(S(C)=O)=CCC1. The summed E-state index contributed by atoms with van der Waals surface area (Å²) >= 11 is 0. The predicted molar refractivity (Wildman–Crippen MR) is 85.4 cm³/mol. The lowest BCUT2D eigenvalue weighted by atomic mass is 10.0. The lowest BCUT2D eigenvalue weighted by Crippen LogP contribution is -2.07. The van der Waals surface area contributed by atoms with E-state index in [0.29, 0.717) is 0 Å². The molecule has 0 saturated heterocycles. The van der Waals surface area contributed by atoms with E-state index in [2.05, 4.69) is 19.1 Å². The maximum absolute atomic E-state index is 11.5. The maximum Gasteiger partial charge on any atom is 0.118 e. The van der Waals surface area contributed by atoms with Crippen LogP contribution in [0.2, 0.25) is 0 Å². The fraction of sp³-hybridized carbons (Fsp3) is 0.625. The maximum atomic E-state index is 11.5. The highest BCUT2D eigenvalue weighted by molar-refractivity contribution is 7.88. The summed E-state index contributed by atoms with van der Waals surface area (Å²) in [5.41, 5.74) is 1.17. The number of allylic oxidation sites excluding steroid dienone is 4. The first kappa shape index (κ1) is 18.2. The second kappa shape index (κ2) is 10.0. The molecule has 3 heteroatoms. The van der Waals surface area contributed by atoms with Gasteiger partial charge in [0.2, 0.25) is 0 Å². The Hall–Kier alpha value is -0.830. The van der Waals surface area contributed by atoms with Gasteiger partial charge in [-0.1, -0.05) is 26.8 Å². The van der Waals surface area contributed by atoms with Crippen molar-refractivity contribution >= 4 is 10.8 Å². The molecule has 0 spiro atoms. The Bertz CT molecular complexity index is 376. The molecule has 0 aliphatic heterocycles. The van der Waals surface area contributed by atoms with Gasteiger partial charge in [-0.15, -0.1) is 0 Å². The van der Waals surface area contributed by atoms with Crippen molar-refractivity contribution in [3.05, 3.63) is 34.5 Å². The highest BCUT2D eigenvalue weighted by Crippen LogP contribution is 2.26. The minimum Gasteiger partial charge on any atom is -0.491 e. The number of hydrogen-bond acceptors (Lipinski definition) is 2. The second-order valence-corrected chi connectivity index (χ2v) is 5.79. The molecule has 0 bridgehead atoms. The monoisotopic (exact) mass is 284 g/mol. The molecular formula is C16H28O2S. The zero-order chi connectivity index (χ0) is 14.8. The van der Waals surface area contributed by atoms with Crippen LogP contribution < -0.4 is 0 Å². The molecule has 0 amide bonds. The Morgan fingerprint density at radius 2 is 2.11 bits per heavy atom. The lowest BCUT2D eigenvalue weighted by Gasteiger charge is -2.19. The van der Waals surface area contributed by atoms with Crippen molar-refractivity contribution in [1.82, 2.24) is 0 Å². The van der Waals surface area contributed by atoms with E-state index in [1.807, 2.05) is 33.8 Å². The summed E-state index contributed by atoms with van der Waals surface area (Å²) in [6.45, 7) is 10.2. The smallest absolute Gasteiger partial charge is 0.118 e. The van der Waals surface area contributed by atoms with E-state index in [-0.39, 0.29) is 6.10 Å². The molecule has 0 aromatic rings. The van der Waals surface area contributed by atoms with Crippen LogP contribution in [0, 0.1) is 0 Å². The van der Waals surface area contributed by atoms with Gasteiger partial charge in [0, 0.05) is 22.0 Å². The van der Waals surface area contributed by atoms with Crippen LogP contribution in [0.25, 0.3) is 0 Å². The molecule has 0 radical (unpaired) electrons. The fourth-order valence-electron chi connectivity index (χ4n) is 1.76. The van der Waals surface area contributed by atoms with E-state index >= 15 is 0 Å². The van der Waals surface area contributed by atoms with Gasteiger partial charge >= 0.3 is 0 Å². The zero-order valence-corrected chi connectivity index (χ0v) is 14.0. The van der Waals surface area contributed by atoms with Crippen molar-refractivity contribution in [2.75, 3.05) is 6.26 Å². The van der Waals surface area contributed by atoms with Crippen LogP contribution in [0.1, 0.15) is 53.9 Å². The van der Waals surface area contributed by atoms with Gasteiger partial charge in [-0.25, -0.2) is 0 Å². The first-order valence-corrected chi connectivity index (χ1v) is 8.71. The van der Waals surface area contributed by atoms with Gasteiger partial charge < -0.3 is 4.74 Å². The van der Waals surface area contributed by atoms with E-state index in [9.17, 15) is 4.21 Å². The van der Waals surface area contributed by atoms with Gasteiger partial charge in [0.1, 0.15) is 5.76 Å². The molecule has 0 aromatic carbocycles. The zero-order valence-electron chi connectivity index (χ0n) is 13.2. The second-order valence-electron chi connectivity index (χ2n) is 4.41. The molecule has 1 unspecified atom stereocenters. The van der Waals surface area contributed by atoms with Gasteiger partial charge in [0.25, 0.3) is 0 Å². The summed E-state index contributed by atoms with van der Waals surface area (Å²) in [4.78, 5) is 0.917. The van der Waals surface area contributed by atoms with Gasteiger partial charge in [-0.3, -0.25) is 4.21 Å². The molecule has 0 heterocycles. The van der Waals surface area contributed by atoms with Crippen LogP contribution in [0.5, 0.6) is 0 Å². The third-order valence-electron chi connectivity index (χ3n) is 2.48. The highest BCUT2D eigenvalue weighted by atomic mass is 32.2. The molecule has 1 aliphatic carbocycles. The average Bonchev–Trinajstić information content (AvgIpc) is 2.40. The van der Waals surface area contributed by atoms with E-state index in [0.717, 1.165) is 29.9 Å². The van der Waals surface area contributed by atoms with Crippen molar-refractivity contribution in [3.8, 4) is 0 Å². The lowest BCUT2D eigenvalue weighted by molar-refractivity contribution is 0.152. The van der Waals surface area contributed by atoms with Crippen molar-refractivity contribution < 1.29 is 8.95 Å². The molecule has 0 fully saturated rings. The van der Waals surface area contributed by atoms with Crippen molar-refractivity contribution in [2.24, 2.45) is 0 Å². The Labute approximate surface area is 121 Å². The molecule has 0 saturated carbocycles. The van der Waals surface area contributed by atoms with E-state index in [1.165, 1.54) is 5.57 Å². The largest absolute Gasteiger partial charge is 0.491 e. The number of hydrogen-bond donors (Lipinski definition) is 0. The molecule has 1 aliphatic rings. The normalized spacial score (nSPS) is 17.1. The summed E-state index contributed by atoms with van der Waals surface area (Å²) in [5, 5.41) is 0. The van der Waals surface area contributed by atoms with Gasteiger partial charge in [0.15, 0.2) is 0 Å². The Balaban J connectivity index is 0.00000154. The van der Waals surface area contributed by atoms with Gasteiger partial charge in [-0.2, -0.15) is 0 Å². The van der Waals surface area contributed by atoms with E-state index in [4.69, 9.17) is 4.74 Å². The summed E-state index contributed by atoms with van der Waals surface area (Å²) in [7, 11) is -0.904. The van der Waals surface area contributed by atoms with E-state index in [1.54, 1.807) is 6.26 Å². The Morgan fingerprint density at radius 1 is 1.47 bits per heavy atom. The Morgan fingerprint density at radius 3 is 2.58 bits per heavy atom. The molecule has 0 aromatic heterocycles. The van der Waals surface area contributed by atoms with Crippen LogP contribution in [0.3, 0.4) is 0 Å².